The van der Waals surface area contributed by atoms with Crippen LogP contribution in [0.3, 0.4) is 0 Å². The van der Waals surface area contributed by atoms with Gasteiger partial charge in [-0.3, -0.25) is 0 Å². The summed E-state index contributed by atoms with van der Waals surface area (Å²) in [5, 5.41) is 0. The van der Waals surface area contributed by atoms with Crippen LogP contribution in [0.5, 0.6) is 0 Å². The van der Waals surface area contributed by atoms with Crippen molar-refractivity contribution < 1.29 is 0 Å². The quantitative estimate of drug-likeness (QED) is 0.700. The van der Waals surface area contributed by atoms with Crippen molar-refractivity contribution in [3.05, 3.63) is 18.7 Å². The monoisotopic (exact) mass is 153 g/mol. The van der Waals surface area contributed by atoms with Gasteiger partial charge in [0.2, 0.25) is 0 Å². The van der Waals surface area contributed by atoms with E-state index in [2.05, 4.69) is 18.8 Å². The Hall–Kier alpha value is -0.830. The summed E-state index contributed by atoms with van der Waals surface area (Å²) in [4.78, 5) is 3.94. The fraction of sp³-hybridized carbons (Fsp3) is 0.625. The molecule has 1 atom stereocenters. The summed E-state index contributed by atoms with van der Waals surface area (Å²) in [7, 11) is 0. The van der Waals surface area contributed by atoms with E-state index in [0.29, 0.717) is 5.92 Å². The van der Waals surface area contributed by atoms with Gasteiger partial charge in [-0.2, -0.15) is 0 Å². The Morgan fingerprint density at radius 1 is 1.55 bits per heavy atom. The van der Waals surface area contributed by atoms with Gasteiger partial charge in [0.15, 0.2) is 0 Å². The topological polar surface area (TPSA) is 43.8 Å². The molecule has 0 saturated heterocycles. The molecule has 0 saturated carbocycles. The molecule has 0 aliphatic heterocycles. The van der Waals surface area contributed by atoms with E-state index >= 15 is 0 Å². The van der Waals surface area contributed by atoms with Crippen molar-refractivity contribution in [2.24, 2.45) is 11.7 Å². The molecule has 3 nitrogen and oxygen atoms in total. The van der Waals surface area contributed by atoms with Gasteiger partial charge in [-0.15, -0.1) is 0 Å². The van der Waals surface area contributed by atoms with Gasteiger partial charge >= 0.3 is 0 Å². The molecule has 0 bridgehead atoms. The van der Waals surface area contributed by atoms with Crippen molar-refractivity contribution in [3.8, 4) is 0 Å². The van der Waals surface area contributed by atoms with Gasteiger partial charge in [-0.1, -0.05) is 13.8 Å². The molecule has 0 radical (unpaired) electrons. The Labute approximate surface area is 67.2 Å². The Morgan fingerprint density at radius 2 is 2.27 bits per heavy atom. The molecule has 0 unspecified atom stereocenters. The van der Waals surface area contributed by atoms with Crippen molar-refractivity contribution in [2.75, 3.05) is 0 Å². The summed E-state index contributed by atoms with van der Waals surface area (Å²) in [5.41, 5.74) is 5.86. The maximum atomic E-state index is 5.86. The molecule has 0 aromatic carbocycles. The van der Waals surface area contributed by atoms with Crippen molar-refractivity contribution in [2.45, 2.75) is 26.4 Å². The maximum Gasteiger partial charge on any atom is 0.0946 e. The van der Waals surface area contributed by atoms with Crippen LogP contribution in [0.4, 0.5) is 0 Å². The van der Waals surface area contributed by atoms with Crippen LogP contribution in [-0.2, 0) is 6.54 Å². The number of aromatic nitrogens is 2. The van der Waals surface area contributed by atoms with Crippen LogP contribution < -0.4 is 5.73 Å². The number of imidazole rings is 1. The van der Waals surface area contributed by atoms with Crippen molar-refractivity contribution in [1.82, 2.24) is 9.55 Å². The van der Waals surface area contributed by atoms with E-state index in [4.69, 9.17) is 5.73 Å². The zero-order valence-corrected chi connectivity index (χ0v) is 7.07. The molecule has 0 fully saturated rings. The summed E-state index contributed by atoms with van der Waals surface area (Å²) in [6, 6.07) is 0.226. The Kier molecular flexibility index (Phi) is 2.65. The van der Waals surface area contributed by atoms with E-state index in [1.54, 1.807) is 12.5 Å². The van der Waals surface area contributed by atoms with Crippen LogP contribution in [0.2, 0.25) is 0 Å². The maximum absolute atomic E-state index is 5.86. The predicted octanol–water partition coefficient (Wildman–Crippen LogP) is 0.866. The smallest absolute Gasteiger partial charge is 0.0946 e. The standard InChI is InChI=1S/C8H15N3/c1-7(2)8(9)5-11-4-3-10-6-11/h3-4,6-8H,5,9H2,1-2H3/t8-/m0/s1. The summed E-state index contributed by atoms with van der Waals surface area (Å²) in [6.07, 6.45) is 5.50. The Balaban J connectivity index is 2.43. The molecule has 11 heavy (non-hydrogen) atoms. The van der Waals surface area contributed by atoms with Gasteiger partial charge in [0, 0.05) is 25.0 Å². The summed E-state index contributed by atoms with van der Waals surface area (Å²) < 4.78 is 2.00. The molecule has 1 rings (SSSR count). The third-order valence-electron chi connectivity index (χ3n) is 1.84. The van der Waals surface area contributed by atoms with Gasteiger partial charge < -0.3 is 10.3 Å². The number of nitrogens with two attached hydrogens (primary N) is 1. The third kappa shape index (κ3) is 2.35. The second-order valence-corrected chi connectivity index (χ2v) is 3.17. The van der Waals surface area contributed by atoms with Crippen LogP contribution in [0.1, 0.15) is 13.8 Å². The van der Waals surface area contributed by atoms with Gasteiger partial charge in [-0.05, 0) is 5.92 Å². The second-order valence-electron chi connectivity index (χ2n) is 3.17. The van der Waals surface area contributed by atoms with Gasteiger partial charge in [0.05, 0.1) is 6.33 Å². The summed E-state index contributed by atoms with van der Waals surface area (Å²) in [5.74, 6) is 0.525. The van der Waals surface area contributed by atoms with E-state index < -0.39 is 0 Å². The normalized spacial score (nSPS) is 13.8. The van der Waals surface area contributed by atoms with Gasteiger partial charge in [0.25, 0.3) is 0 Å². The number of nitrogens with zero attached hydrogens (tertiary/aromatic N) is 2. The first kappa shape index (κ1) is 8.27. The highest BCUT2D eigenvalue weighted by Gasteiger charge is 2.06. The SMILES string of the molecule is CC(C)[C@@H](N)Cn1ccnc1. The average molecular weight is 153 g/mol. The van der Waals surface area contributed by atoms with E-state index in [-0.39, 0.29) is 6.04 Å². The average Bonchev–Trinajstić information content (AvgIpc) is 2.39. The Bertz CT molecular complexity index is 191. The molecule has 1 aromatic heterocycles. The van der Waals surface area contributed by atoms with Crippen LogP contribution in [-0.4, -0.2) is 15.6 Å². The van der Waals surface area contributed by atoms with Crippen LogP contribution >= 0.6 is 0 Å². The predicted molar refractivity (Wildman–Crippen MR) is 45.0 cm³/mol. The van der Waals surface area contributed by atoms with Crippen LogP contribution in [0.15, 0.2) is 18.7 Å². The fourth-order valence-corrected chi connectivity index (χ4v) is 0.849. The highest BCUT2D eigenvalue weighted by molar-refractivity contribution is 4.77. The van der Waals surface area contributed by atoms with Gasteiger partial charge in [-0.25, -0.2) is 4.98 Å². The van der Waals surface area contributed by atoms with E-state index in [0.717, 1.165) is 6.54 Å². The lowest BCUT2D eigenvalue weighted by atomic mass is 10.1. The highest BCUT2D eigenvalue weighted by Crippen LogP contribution is 2.00. The lowest BCUT2D eigenvalue weighted by Crippen LogP contribution is -2.30. The van der Waals surface area contributed by atoms with E-state index in [1.165, 1.54) is 0 Å². The number of rotatable bonds is 3. The lowest BCUT2D eigenvalue weighted by molar-refractivity contribution is 0.433. The minimum absolute atomic E-state index is 0.226. The highest BCUT2D eigenvalue weighted by atomic mass is 15.0. The molecule has 0 aliphatic carbocycles. The summed E-state index contributed by atoms with van der Waals surface area (Å²) in [6.45, 7) is 5.11. The first-order valence-electron chi connectivity index (χ1n) is 3.91. The third-order valence-corrected chi connectivity index (χ3v) is 1.84. The molecular weight excluding hydrogens is 138 g/mol. The van der Waals surface area contributed by atoms with Crippen molar-refractivity contribution in [1.29, 1.82) is 0 Å². The Morgan fingerprint density at radius 3 is 2.73 bits per heavy atom. The molecule has 2 N–H and O–H groups in total. The molecule has 62 valence electrons. The van der Waals surface area contributed by atoms with E-state index in [1.807, 2.05) is 10.8 Å². The zero-order chi connectivity index (χ0) is 8.27. The molecule has 1 aromatic rings. The lowest BCUT2D eigenvalue weighted by Gasteiger charge is -2.15. The molecule has 0 spiro atoms. The molecule has 3 heteroatoms. The van der Waals surface area contributed by atoms with Crippen LogP contribution in [0.25, 0.3) is 0 Å². The molecule has 0 aliphatic rings. The summed E-state index contributed by atoms with van der Waals surface area (Å²) >= 11 is 0. The van der Waals surface area contributed by atoms with Gasteiger partial charge in [0.1, 0.15) is 0 Å². The minimum Gasteiger partial charge on any atom is -0.336 e. The van der Waals surface area contributed by atoms with E-state index in [9.17, 15) is 0 Å². The number of hydrogen-bond acceptors (Lipinski definition) is 2. The number of hydrogen-bond donors (Lipinski definition) is 1. The fourth-order valence-electron chi connectivity index (χ4n) is 0.849. The first-order chi connectivity index (χ1) is 5.20. The first-order valence-corrected chi connectivity index (χ1v) is 3.91. The molecule has 1 heterocycles. The molecular formula is C8H15N3. The van der Waals surface area contributed by atoms with Crippen molar-refractivity contribution >= 4 is 0 Å². The van der Waals surface area contributed by atoms with Crippen LogP contribution in [0, 0.1) is 5.92 Å². The zero-order valence-electron chi connectivity index (χ0n) is 7.07. The largest absolute Gasteiger partial charge is 0.336 e. The minimum atomic E-state index is 0.226. The molecule has 0 amide bonds. The van der Waals surface area contributed by atoms with Crippen molar-refractivity contribution in [3.63, 3.8) is 0 Å². The second kappa shape index (κ2) is 3.53.